The number of hydrogen-bond donors (Lipinski definition) is 1. The first kappa shape index (κ1) is 16.1. The van der Waals surface area contributed by atoms with Crippen molar-refractivity contribution >= 4 is 33.9 Å². The van der Waals surface area contributed by atoms with Gasteiger partial charge in [-0.2, -0.15) is 0 Å². The van der Waals surface area contributed by atoms with Crippen LogP contribution < -0.4 is 10.9 Å². The fourth-order valence-corrected chi connectivity index (χ4v) is 3.17. The Bertz CT molecular complexity index is 1340. The number of fused-ring (bicyclic) bond motifs is 2. The average molecular weight is 367 g/mol. The SMILES string of the molecule is O=C(Nc1ccccc1-c1nc2ccccc2c(=O)o1)C1=Nc2ccccc21. The molecule has 0 unspecified atom stereocenters. The zero-order chi connectivity index (χ0) is 19.1. The van der Waals surface area contributed by atoms with Crippen LogP contribution in [0.2, 0.25) is 0 Å². The average Bonchev–Trinajstić information content (AvgIpc) is 2.69. The van der Waals surface area contributed by atoms with E-state index in [2.05, 4.69) is 15.3 Å². The van der Waals surface area contributed by atoms with Gasteiger partial charge in [0.25, 0.3) is 5.91 Å². The Morgan fingerprint density at radius 2 is 1.57 bits per heavy atom. The van der Waals surface area contributed by atoms with E-state index in [0.29, 0.717) is 27.9 Å². The molecule has 1 N–H and O–H groups in total. The Balaban J connectivity index is 1.52. The zero-order valence-corrected chi connectivity index (χ0v) is 14.5. The molecular formula is C22H13N3O3. The third-order valence-electron chi connectivity index (χ3n) is 4.55. The summed E-state index contributed by atoms with van der Waals surface area (Å²) >= 11 is 0. The van der Waals surface area contributed by atoms with Crippen molar-refractivity contribution in [3.8, 4) is 11.5 Å². The van der Waals surface area contributed by atoms with Crippen LogP contribution in [-0.4, -0.2) is 16.6 Å². The lowest BCUT2D eigenvalue weighted by Crippen LogP contribution is -2.27. The maximum atomic E-state index is 12.7. The minimum atomic E-state index is -0.473. The Labute approximate surface area is 159 Å². The van der Waals surface area contributed by atoms with Gasteiger partial charge in [-0.3, -0.25) is 4.79 Å². The van der Waals surface area contributed by atoms with Gasteiger partial charge in [0.05, 0.1) is 27.8 Å². The molecule has 4 aromatic rings. The number of benzene rings is 3. The standard InChI is InChI=1S/C22H13N3O3/c26-20(19-13-7-1-4-10-16(13)23-19)24-17-11-5-2-8-14(17)21-25-18-12-6-3-9-15(18)22(27)28-21/h1-12H,(H,24,26). The van der Waals surface area contributed by atoms with Crippen LogP contribution in [-0.2, 0) is 4.79 Å². The number of para-hydroxylation sites is 3. The number of amides is 1. The predicted octanol–water partition coefficient (Wildman–Crippen LogP) is 3.93. The highest BCUT2D eigenvalue weighted by atomic mass is 16.4. The lowest BCUT2D eigenvalue weighted by Gasteiger charge is -2.18. The van der Waals surface area contributed by atoms with E-state index >= 15 is 0 Å². The third kappa shape index (κ3) is 2.59. The molecule has 5 rings (SSSR count). The van der Waals surface area contributed by atoms with Crippen LogP contribution >= 0.6 is 0 Å². The van der Waals surface area contributed by atoms with Gasteiger partial charge < -0.3 is 9.73 Å². The van der Waals surface area contributed by atoms with Crippen molar-refractivity contribution in [2.75, 3.05) is 5.32 Å². The summed E-state index contributed by atoms with van der Waals surface area (Å²) in [4.78, 5) is 33.7. The molecule has 3 aromatic carbocycles. The van der Waals surface area contributed by atoms with E-state index in [4.69, 9.17) is 4.42 Å². The van der Waals surface area contributed by atoms with E-state index in [1.807, 2.05) is 24.3 Å². The molecule has 6 nitrogen and oxygen atoms in total. The van der Waals surface area contributed by atoms with Crippen molar-refractivity contribution in [3.05, 3.63) is 88.8 Å². The van der Waals surface area contributed by atoms with Crippen molar-refractivity contribution in [2.24, 2.45) is 4.99 Å². The smallest absolute Gasteiger partial charge is 0.347 e. The van der Waals surface area contributed by atoms with Crippen LogP contribution in [0, 0.1) is 0 Å². The summed E-state index contributed by atoms with van der Waals surface area (Å²) in [5, 5.41) is 3.26. The molecule has 134 valence electrons. The number of carbonyl (C=O) groups is 1. The number of aliphatic imine (C=N–C) groups is 1. The van der Waals surface area contributed by atoms with Gasteiger partial charge in [0, 0.05) is 5.56 Å². The second kappa shape index (κ2) is 6.28. The first-order chi connectivity index (χ1) is 13.7. The Kier molecular flexibility index (Phi) is 3.62. The summed E-state index contributed by atoms with van der Waals surface area (Å²) in [6.07, 6.45) is 0. The van der Waals surface area contributed by atoms with Crippen LogP contribution in [0.5, 0.6) is 0 Å². The molecule has 0 spiro atoms. The summed E-state index contributed by atoms with van der Waals surface area (Å²) in [5.41, 5.74) is 3.05. The lowest BCUT2D eigenvalue weighted by molar-refractivity contribution is -0.110. The minimum absolute atomic E-state index is 0.149. The third-order valence-corrected chi connectivity index (χ3v) is 4.55. The molecule has 0 saturated heterocycles. The number of nitrogens with one attached hydrogen (secondary N) is 1. The van der Waals surface area contributed by atoms with Gasteiger partial charge in [0.1, 0.15) is 5.71 Å². The predicted molar refractivity (Wildman–Crippen MR) is 107 cm³/mol. The van der Waals surface area contributed by atoms with Crippen LogP contribution in [0.25, 0.3) is 22.4 Å². The molecule has 0 atom stereocenters. The Morgan fingerprint density at radius 1 is 0.857 bits per heavy atom. The van der Waals surface area contributed by atoms with Gasteiger partial charge in [-0.15, -0.1) is 0 Å². The summed E-state index contributed by atoms with van der Waals surface area (Å²) in [7, 11) is 0. The number of hydrogen-bond acceptors (Lipinski definition) is 5. The van der Waals surface area contributed by atoms with Crippen LogP contribution in [0.3, 0.4) is 0 Å². The van der Waals surface area contributed by atoms with Gasteiger partial charge in [-0.1, -0.05) is 42.5 Å². The summed E-state index contributed by atoms with van der Waals surface area (Å²) in [6, 6.07) is 21.5. The maximum absolute atomic E-state index is 12.7. The van der Waals surface area contributed by atoms with Crippen LogP contribution in [0.15, 0.2) is 87.0 Å². The molecule has 28 heavy (non-hydrogen) atoms. The topological polar surface area (TPSA) is 84.6 Å². The Morgan fingerprint density at radius 3 is 2.43 bits per heavy atom. The first-order valence-corrected chi connectivity index (χ1v) is 8.69. The number of nitrogens with zero attached hydrogens (tertiary/aromatic N) is 2. The molecule has 1 aliphatic heterocycles. The quantitative estimate of drug-likeness (QED) is 0.595. The van der Waals surface area contributed by atoms with Crippen LogP contribution in [0.4, 0.5) is 11.4 Å². The maximum Gasteiger partial charge on any atom is 0.347 e. The van der Waals surface area contributed by atoms with Crippen molar-refractivity contribution in [3.63, 3.8) is 0 Å². The molecule has 1 aromatic heterocycles. The molecule has 1 amide bonds. The van der Waals surface area contributed by atoms with Gasteiger partial charge >= 0.3 is 5.63 Å². The molecule has 0 radical (unpaired) electrons. The second-order valence-electron chi connectivity index (χ2n) is 6.30. The van der Waals surface area contributed by atoms with Crippen molar-refractivity contribution in [1.29, 1.82) is 0 Å². The van der Waals surface area contributed by atoms with E-state index in [1.54, 1.807) is 48.5 Å². The number of aromatic nitrogens is 1. The van der Waals surface area contributed by atoms with Gasteiger partial charge in [0.15, 0.2) is 0 Å². The van der Waals surface area contributed by atoms with Crippen LogP contribution in [0.1, 0.15) is 5.56 Å². The summed E-state index contributed by atoms with van der Waals surface area (Å²) < 4.78 is 5.41. The molecule has 0 aliphatic carbocycles. The molecular weight excluding hydrogens is 354 g/mol. The molecule has 1 aliphatic rings. The van der Waals surface area contributed by atoms with Crippen molar-refractivity contribution in [1.82, 2.24) is 4.98 Å². The van der Waals surface area contributed by atoms with Gasteiger partial charge in [-0.05, 0) is 30.3 Å². The highest BCUT2D eigenvalue weighted by molar-refractivity contribution is 6.52. The molecule has 2 heterocycles. The summed E-state index contributed by atoms with van der Waals surface area (Å²) in [5.74, 6) is -0.176. The number of carbonyl (C=O) groups excluding carboxylic acids is 1. The molecule has 0 fully saturated rings. The van der Waals surface area contributed by atoms with E-state index in [9.17, 15) is 9.59 Å². The fraction of sp³-hybridized carbons (Fsp3) is 0. The van der Waals surface area contributed by atoms with E-state index in [0.717, 1.165) is 11.3 Å². The highest BCUT2D eigenvalue weighted by Crippen LogP contribution is 2.31. The highest BCUT2D eigenvalue weighted by Gasteiger charge is 2.25. The second-order valence-corrected chi connectivity index (χ2v) is 6.30. The monoisotopic (exact) mass is 367 g/mol. The molecule has 6 heteroatoms. The largest absolute Gasteiger partial charge is 0.403 e. The Hall–Kier alpha value is -4.06. The zero-order valence-electron chi connectivity index (χ0n) is 14.5. The molecule has 0 saturated carbocycles. The summed E-state index contributed by atoms with van der Waals surface area (Å²) in [6.45, 7) is 0. The normalized spacial score (nSPS) is 12.1. The lowest BCUT2D eigenvalue weighted by atomic mass is 10.0. The van der Waals surface area contributed by atoms with Crippen molar-refractivity contribution < 1.29 is 9.21 Å². The van der Waals surface area contributed by atoms with E-state index in [1.165, 1.54) is 0 Å². The number of anilines is 1. The van der Waals surface area contributed by atoms with Gasteiger partial charge in [-0.25, -0.2) is 14.8 Å². The van der Waals surface area contributed by atoms with Gasteiger partial charge in [0.2, 0.25) is 5.89 Å². The van der Waals surface area contributed by atoms with E-state index < -0.39 is 5.63 Å². The minimum Gasteiger partial charge on any atom is -0.403 e. The van der Waals surface area contributed by atoms with Crippen molar-refractivity contribution in [2.45, 2.75) is 0 Å². The number of rotatable bonds is 3. The van der Waals surface area contributed by atoms with E-state index in [-0.39, 0.29) is 11.8 Å². The first-order valence-electron chi connectivity index (χ1n) is 8.69. The fourth-order valence-electron chi connectivity index (χ4n) is 3.17. The molecule has 0 bridgehead atoms.